The molecular formula is C15H18N2S. The molecule has 2 heterocycles. The molecule has 2 unspecified atom stereocenters. The molecule has 1 aliphatic rings. The van der Waals surface area contributed by atoms with Crippen molar-refractivity contribution >= 4 is 11.3 Å². The summed E-state index contributed by atoms with van der Waals surface area (Å²) in [5.41, 5.74) is 9.18. The lowest BCUT2D eigenvalue weighted by Gasteiger charge is -2.28. The summed E-state index contributed by atoms with van der Waals surface area (Å²) < 4.78 is 0. The predicted octanol–water partition coefficient (Wildman–Crippen LogP) is 3.13. The number of pyridine rings is 1. The molecule has 3 rings (SSSR count). The Morgan fingerprint density at radius 1 is 1.44 bits per heavy atom. The lowest BCUT2D eigenvalue weighted by atomic mass is 9.81. The van der Waals surface area contributed by atoms with E-state index >= 15 is 0 Å². The molecule has 18 heavy (non-hydrogen) atoms. The fourth-order valence-electron chi connectivity index (χ4n) is 2.90. The number of hydrogen-bond donors (Lipinski definition) is 1. The van der Waals surface area contributed by atoms with E-state index < -0.39 is 0 Å². The third-order valence-electron chi connectivity index (χ3n) is 3.81. The summed E-state index contributed by atoms with van der Waals surface area (Å²) >= 11 is 1.88. The smallest absolute Gasteiger partial charge is 0.0300 e. The number of aromatic nitrogens is 1. The quantitative estimate of drug-likeness (QED) is 0.918. The average molecular weight is 258 g/mol. The van der Waals surface area contributed by atoms with Gasteiger partial charge < -0.3 is 5.73 Å². The van der Waals surface area contributed by atoms with Crippen molar-refractivity contribution in [1.29, 1.82) is 0 Å². The minimum Gasteiger partial charge on any atom is -0.327 e. The van der Waals surface area contributed by atoms with E-state index in [1.165, 1.54) is 30.4 Å². The third kappa shape index (κ3) is 2.33. The van der Waals surface area contributed by atoms with Gasteiger partial charge in [-0.2, -0.15) is 0 Å². The minimum absolute atomic E-state index is 0.211. The molecule has 2 atom stereocenters. The largest absolute Gasteiger partial charge is 0.327 e. The second kappa shape index (κ2) is 5.21. The number of aryl methyl sites for hydroxylation is 1. The van der Waals surface area contributed by atoms with Crippen molar-refractivity contribution in [1.82, 2.24) is 4.98 Å². The van der Waals surface area contributed by atoms with Crippen LogP contribution in [0.2, 0.25) is 0 Å². The van der Waals surface area contributed by atoms with E-state index in [1.54, 1.807) is 4.88 Å². The van der Waals surface area contributed by atoms with E-state index in [4.69, 9.17) is 5.73 Å². The van der Waals surface area contributed by atoms with E-state index in [2.05, 4.69) is 22.5 Å². The average Bonchev–Trinajstić information content (AvgIpc) is 2.87. The summed E-state index contributed by atoms with van der Waals surface area (Å²) in [6.45, 7) is 0. The van der Waals surface area contributed by atoms with Crippen molar-refractivity contribution in [2.45, 2.75) is 37.6 Å². The highest BCUT2D eigenvalue weighted by Gasteiger charge is 2.26. The molecule has 0 saturated carbocycles. The Hall–Kier alpha value is -1.19. The van der Waals surface area contributed by atoms with E-state index in [0.717, 1.165) is 6.42 Å². The summed E-state index contributed by atoms with van der Waals surface area (Å²) in [6, 6.07) is 6.58. The van der Waals surface area contributed by atoms with Gasteiger partial charge in [-0.05, 0) is 54.3 Å². The number of hydrogen-bond acceptors (Lipinski definition) is 3. The van der Waals surface area contributed by atoms with Crippen LogP contribution in [0, 0.1) is 0 Å². The van der Waals surface area contributed by atoms with Crippen molar-refractivity contribution in [2.24, 2.45) is 5.73 Å². The molecule has 3 heteroatoms. The molecule has 0 fully saturated rings. The zero-order chi connectivity index (χ0) is 12.4. The van der Waals surface area contributed by atoms with Crippen molar-refractivity contribution in [3.05, 3.63) is 52.0 Å². The first kappa shape index (κ1) is 11.9. The second-order valence-corrected chi connectivity index (χ2v) is 6.03. The number of fused-ring (bicyclic) bond motifs is 1. The van der Waals surface area contributed by atoms with Gasteiger partial charge in [0.15, 0.2) is 0 Å². The molecule has 94 valence electrons. The second-order valence-electron chi connectivity index (χ2n) is 5.03. The van der Waals surface area contributed by atoms with Gasteiger partial charge in [-0.15, -0.1) is 11.3 Å². The van der Waals surface area contributed by atoms with Gasteiger partial charge in [0.2, 0.25) is 0 Å². The van der Waals surface area contributed by atoms with Gasteiger partial charge in [0, 0.05) is 29.2 Å². The van der Waals surface area contributed by atoms with Crippen molar-refractivity contribution in [2.75, 3.05) is 0 Å². The van der Waals surface area contributed by atoms with Crippen LogP contribution in [0.15, 0.2) is 36.0 Å². The molecule has 2 nitrogen and oxygen atoms in total. The Morgan fingerprint density at radius 3 is 3.22 bits per heavy atom. The van der Waals surface area contributed by atoms with Crippen LogP contribution in [0.25, 0.3) is 0 Å². The summed E-state index contributed by atoms with van der Waals surface area (Å²) in [7, 11) is 0. The lowest BCUT2D eigenvalue weighted by Crippen LogP contribution is -2.32. The van der Waals surface area contributed by atoms with Crippen LogP contribution in [-0.2, 0) is 12.8 Å². The fraction of sp³-hybridized carbons (Fsp3) is 0.400. The Balaban J connectivity index is 1.76. The molecule has 0 spiro atoms. The first-order chi connectivity index (χ1) is 8.84. The first-order valence-electron chi connectivity index (χ1n) is 6.55. The van der Waals surface area contributed by atoms with Crippen LogP contribution in [0.3, 0.4) is 0 Å². The van der Waals surface area contributed by atoms with Gasteiger partial charge in [0.25, 0.3) is 0 Å². The van der Waals surface area contributed by atoms with E-state index in [0.29, 0.717) is 5.92 Å². The molecule has 0 bridgehead atoms. The van der Waals surface area contributed by atoms with E-state index in [9.17, 15) is 0 Å². The molecule has 1 aliphatic carbocycles. The van der Waals surface area contributed by atoms with Gasteiger partial charge in [-0.1, -0.05) is 6.07 Å². The van der Waals surface area contributed by atoms with Gasteiger partial charge in [-0.3, -0.25) is 4.98 Å². The molecule has 0 radical (unpaired) electrons. The molecule has 0 saturated heterocycles. The maximum atomic E-state index is 6.43. The lowest BCUT2D eigenvalue weighted by molar-refractivity contribution is 0.463. The number of thiophene rings is 1. The highest BCUT2D eigenvalue weighted by molar-refractivity contribution is 7.10. The van der Waals surface area contributed by atoms with Gasteiger partial charge >= 0.3 is 0 Å². The number of nitrogens with two attached hydrogens (primary N) is 1. The Bertz CT molecular complexity index is 506. The predicted molar refractivity (Wildman–Crippen MR) is 75.9 cm³/mol. The van der Waals surface area contributed by atoms with Crippen LogP contribution < -0.4 is 5.73 Å². The Labute approximate surface area is 112 Å². The number of rotatable bonds is 3. The van der Waals surface area contributed by atoms with Crippen LogP contribution >= 0.6 is 11.3 Å². The fourth-order valence-corrected chi connectivity index (χ4v) is 3.90. The molecule has 0 aromatic carbocycles. The zero-order valence-electron chi connectivity index (χ0n) is 10.4. The first-order valence-corrected chi connectivity index (χ1v) is 7.43. The highest BCUT2D eigenvalue weighted by atomic mass is 32.1. The molecule has 2 aromatic rings. The van der Waals surface area contributed by atoms with E-state index in [1.807, 2.05) is 29.8 Å². The van der Waals surface area contributed by atoms with Crippen LogP contribution in [0.1, 0.15) is 34.8 Å². The normalized spacial score (nSPS) is 20.4. The molecule has 2 N–H and O–H groups in total. The van der Waals surface area contributed by atoms with Gasteiger partial charge in [0.05, 0.1) is 0 Å². The van der Waals surface area contributed by atoms with E-state index in [-0.39, 0.29) is 6.04 Å². The maximum Gasteiger partial charge on any atom is 0.0300 e. The van der Waals surface area contributed by atoms with Crippen LogP contribution in [-0.4, -0.2) is 11.0 Å². The molecule has 0 aliphatic heterocycles. The van der Waals surface area contributed by atoms with Gasteiger partial charge in [0.1, 0.15) is 0 Å². The summed E-state index contributed by atoms with van der Waals surface area (Å²) in [4.78, 5) is 5.71. The zero-order valence-corrected chi connectivity index (χ0v) is 11.2. The highest BCUT2D eigenvalue weighted by Crippen LogP contribution is 2.37. The number of nitrogens with zero attached hydrogens (tertiary/aromatic N) is 1. The monoisotopic (exact) mass is 258 g/mol. The standard InChI is InChI=1S/C15H18N2S/c16-14(9-11-3-2-7-17-10-11)12-4-1-5-15-13(12)6-8-18-15/h2-3,6-8,10,12,14H,1,4-5,9,16H2. The van der Waals surface area contributed by atoms with Crippen molar-refractivity contribution in [3.8, 4) is 0 Å². The SMILES string of the molecule is NC(Cc1cccnc1)C1CCCc2sccc21. The van der Waals surface area contributed by atoms with Crippen molar-refractivity contribution < 1.29 is 0 Å². The Kier molecular flexibility index (Phi) is 3.43. The summed E-state index contributed by atoms with van der Waals surface area (Å²) in [6.07, 6.45) is 8.41. The summed E-state index contributed by atoms with van der Waals surface area (Å²) in [5, 5.41) is 2.21. The third-order valence-corrected chi connectivity index (χ3v) is 4.81. The summed E-state index contributed by atoms with van der Waals surface area (Å²) in [5.74, 6) is 0.528. The van der Waals surface area contributed by atoms with Crippen LogP contribution in [0.4, 0.5) is 0 Å². The minimum atomic E-state index is 0.211. The topological polar surface area (TPSA) is 38.9 Å². The molecule has 0 amide bonds. The van der Waals surface area contributed by atoms with Crippen molar-refractivity contribution in [3.63, 3.8) is 0 Å². The maximum absolute atomic E-state index is 6.43. The van der Waals surface area contributed by atoms with Crippen LogP contribution in [0.5, 0.6) is 0 Å². The molecular weight excluding hydrogens is 240 g/mol. The van der Waals surface area contributed by atoms with Gasteiger partial charge in [-0.25, -0.2) is 0 Å². The Morgan fingerprint density at radius 2 is 2.39 bits per heavy atom. The molecule has 2 aromatic heterocycles.